The molecule has 2 aliphatic heterocycles. The molecule has 1 atom stereocenters. The Balaban J connectivity index is 1.45. The van der Waals surface area contributed by atoms with E-state index in [1.165, 1.54) is 0 Å². The van der Waals surface area contributed by atoms with Crippen molar-refractivity contribution >= 4 is 17.5 Å². The molecule has 136 valence electrons. The van der Waals surface area contributed by atoms with Crippen LogP contribution in [0.4, 0.5) is 5.69 Å². The highest BCUT2D eigenvalue weighted by Crippen LogP contribution is 2.22. The Bertz CT molecular complexity index is 608. The molecule has 1 aromatic rings. The lowest BCUT2D eigenvalue weighted by atomic mass is 10.2. The fraction of sp³-hybridized carbons (Fsp3) is 0.556. The maximum Gasteiger partial charge on any atom is 0.239 e. The predicted molar refractivity (Wildman–Crippen MR) is 95.7 cm³/mol. The molecular weight excluding hydrogens is 320 g/mol. The standard InChI is InChI=1S/C18H26N4O3/c1-25-16-7-3-2-5-14(16)20-17(23)13-21-9-11-22(12-10-21)18(24)15-6-4-8-19-15/h2-3,5,7,15,19H,4,6,8-13H2,1H3,(H,20,23). The van der Waals surface area contributed by atoms with E-state index >= 15 is 0 Å². The second-order valence-electron chi connectivity index (χ2n) is 6.50. The van der Waals surface area contributed by atoms with E-state index in [9.17, 15) is 9.59 Å². The van der Waals surface area contributed by atoms with Gasteiger partial charge in [0, 0.05) is 26.2 Å². The highest BCUT2D eigenvalue weighted by molar-refractivity contribution is 5.93. The number of benzene rings is 1. The summed E-state index contributed by atoms with van der Waals surface area (Å²) in [5.41, 5.74) is 0.677. The molecule has 1 unspecified atom stereocenters. The number of anilines is 1. The average molecular weight is 346 g/mol. The first-order valence-corrected chi connectivity index (χ1v) is 8.85. The minimum atomic E-state index is -0.0678. The lowest BCUT2D eigenvalue weighted by Gasteiger charge is -2.35. The molecule has 2 aliphatic rings. The number of nitrogens with one attached hydrogen (secondary N) is 2. The van der Waals surface area contributed by atoms with Gasteiger partial charge in [0.05, 0.1) is 25.4 Å². The quantitative estimate of drug-likeness (QED) is 0.814. The predicted octanol–water partition coefficient (Wildman–Crippen LogP) is 0.530. The van der Waals surface area contributed by atoms with E-state index in [1.807, 2.05) is 29.2 Å². The number of nitrogens with zero attached hydrogens (tertiary/aromatic N) is 2. The van der Waals surface area contributed by atoms with Gasteiger partial charge in [-0.3, -0.25) is 14.5 Å². The number of piperazine rings is 1. The second-order valence-corrected chi connectivity index (χ2v) is 6.50. The van der Waals surface area contributed by atoms with E-state index < -0.39 is 0 Å². The minimum Gasteiger partial charge on any atom is -0.495 e. The Labute approximate surface area is 148 Å². The van der Waals surface area contributed by atoms with Crippen molar-refractivity contribution in [2.24, 2.45) is 0 Å². The number of rotatable bonds is 5. The molecule has 0 aliphatic carbocycles. The first kappa shape index (κ1) is 17.7. The largest absolute Gasteiger partial charge is 0.495 e. The summed E-state index contributed by atoms with van der Waals surface area (Å²) < 4.78 is 5.25. The molecule has 0 saturated carbocycles. The molecule has 2 heterocycles. The third-order valence-electron chi connectivity index (χ3n) is 4.79. The number of para-hydroxylation sites is 2. The number of hydrogen-bond acceptors (Lipinski definition) is 5. The smallest absolute Gasteiger partial charge is 0.239 e. The molecule has 0 aromatic heterocycles. The van der Waals surface area contributed by atoms with Gasteiger partial charge in [-0.2, -0.15) is 0 Å². The van der Waals surface area contributed by atoms with E-state index in [0.29, 0.717) is 31.1 Å². The number of ether oxygens (including phenoxy) is 1. The molecule has 2 saturated heterocycles. The number of carbonyl (C=O) groups is 2. The van der Waals surface area contributed by atoms with E-state index in [1.54, 1.807) is 7.11 Å². The van der Waals surface area contributed by atoms with Gasteiger partial charge >= 0.3 is 0 Å². The lowest BCUT2D eigenvalue weighted by Crippen LogP contribution is -2.54. The van der Waals surface area contributed by atoms with E-state index in [4.69, 9.17) is 4.74 Å². The van der Waals surface area contributed by atoms with Crippen molar-refractivity contribution in [1.29, 1.82) is 0 Å². The number of methoxy groups -OCH3 is 1. The van der Waals surface area contributed by atoms with Crippen LogP contribution in [0.15, 0.2) is 24.3 Å². The lowest BCUT2D eigenvalue weighted by molar-refractivity contribution is -0.135. The normalized spacial score (nSPS) is 21.2. The monoisotopic (exact) mass is 346 g/mol. The SMILES string of the molecule is COc1ccccc1NC(=O)CN1CCN(C(=O)C2CCCN2)CC1. The Morgan fingerprint density at radius 1 is 1.24 bits per heavy atom. The van der Waals surface area contributed by atoms with Crippen LogP contribution in [-0.4, -0.2) is 74.0 Å². The number of amides is 2. The number of hydrogen-bond donors (Lipinski definition) is 2. The van der Waals surface area contributed by atoms with Crippen LogP contribution >= 0.6 is 0 Å². The molecule has 3 rings (SSSR count). The highest BCUT2D eigenvalue weighted by Gasteiger charge is 2.29. The third-order valence-corrected chi connectivity index (χ3v) is 4.79. The van der Waals surface area contributed by atoms with Gasteiger partial charge in [0.25, 0.3) is 0 Å². The summed E-state index contributed by atoms with van der Waals surface area (Å²) in [7, 11) is 1.58. The second kappa shape index (κ2) is 8.31. The molecule has 0 spiro atoms. The van der Waals surface area contributed by atoms with Crippen molar-refractivity contribution < 1.29 is 14.3 Å². The summed E-state index contributed by atoms with van der Waals surface area (Å²) >= 11 is 0. The summed E-state index contributed by atoms with van der Waals surface area (Å²) in [6.45, 7) is 4.05. The van der Waals surface area contributed by atoms with Gasteiger partial charge in [0.2, 0.25) is 11.8 Å². The summed E-state index contributed by atoms with van der Waals surface area (Å²) in [5, 5.41) is 6.15. The van der Waals surface area contributed by atoms with Gasteiger partial charge in [-0.25, -0.2) is 0 Å². The summed E-state index contributed by atoms with van der Waals surface area (Å²) in [4.78, 5) is 28.7. The van der Waals surface area contributed by atoms with Crippen LogP contribution in [0.1, 0.15) is 12.8 Å². The average Bonchev–Trinajstić information content (AvgIpc) is 3.17. The Morgan fingerprint density at radius 3 is 2.68 bits per heavy atom. The minimum absolute atomic E-state index is 0.0135. The third kappa shape index (κ3) is 4.49. The van der Waals surface area contributed by atoms with Crippen LogP contribution in [-0.2, 0) is 9.59 Å². The molecule has 0 radical (unpaired) electrons. The van der Waals surface area contributed by atoms with Gasteiger partial charge < -0.3 is 20.3 Å². The zero-order valence-electron chi connectivity index (χ0n) is 14.7. The van der Waals surface area contributed by atoms with E-state index in [-0.39, 0.29) is 17.9 Å². The van der Waals surface area contributed by atoms with Gasteiger partial charge in [0.15, 0.2) is 0 Å². The Morgan fingerprint density at radius 2 is 2.00 bits per heavy atom. The van der Waals surface area contributed by atoms with Crippen molar-refractivity contribution in [3.63, 3.8) is 0 Å². The first-order chi connectivity index (χ1) is 12.2. The van der Waals surface area contributed by atoms with Crippen LogP contribution in [0.25, 0.3) is 0 Å². The molecule has 25 heavy (non-hydrogen) atoms. The molecular formula is C18H26N4O3. The number of carbonyl (C=O) groups excluding carboxylic acids is 2. The fourth-order valence-corrected chi connectivity index (χ4v) is 3.38. The maximum absolute atomic E-state index is 12.4. The maximum atomic E-state index is 12.4. The molecule has 1 aromatic carbocycles. The van der Waals surface area contributed by atoms with E-state index in [2.05, 4.69) is 15.5 Å². The van der Waals surface area contributed by atoms with Crippen molar-refractivity contribution in [3.05, 3.63) is 24.3 Å². The summed E-state index contributed by atoms with van der Waals surface area (Å²) in [6.07, 6.45) is 2.00. The van der Waals surface area contributed by atoms with Crippen LogP contribution in [0.3, 0.4) is 0 Å². The van der Waals surface area contributed by atoms with Crippen molar-refractivity contribution in [1.82, 2.24) is 15.1 Å². The molecule has 2 fully saturated rings. The highest BCUT2D eigenvalue weighted by atomic mass is 16.5. The molecule has 2 N–H and O–H groups in total. The zero-order valence-corrected chi connectivity index (χ0v) is 14.7. The molecule has 7 nitrogen and oxygen atoms in total. The first-order valence-electron chi connectivity index (χ1n) is 8.85. The van der Waals surface area contributed by atoms with Crippen molar-refractivity contribution in [2.45, 2.75) is 18.9 Å². The molecule has 0 bridgehead atoms. The summed E-state index contributed by atoms with van der Waals surface area (Å²) in [5.74, 6) is 0.785. The van der Waals surface area contributed by atoms with E-state index in [0.717, 1.165) is 32.5 Å². The fourth-order valence-electron chi connectivity index (χ4n) is 3.38. The van der Waals surface area contributed by atoms with Gasteiger partial charge in [0.1, 0.15) is 5.75 Å². The summed E-state index contributed by atoms with van der Waals surface area (Å²) in [6, 6.07) is 7.35. The van der Waals surface area contributed by atoms with Gasteiger partial charge in [-0.05, 0) is 31.5 Å². The van der Waals surface area contributed by atoms with Crippen molar-refractivity contribution in [3.8, 4) is 5.75 Å². The molecule has 2 amide bonds. The topological polar surface area (TPSA) is 73.9 Å². The van der Waals surface area contributed by atoms with Gasteiger partial charge in [-0.15, -0.1) is 0 Å². The van der Waals surface area contributed by atoms with Crippen LogP contribution in [0.2, 0.25) is 0 Å². The van der Waals surface area contributed by atoms with Crippen molar-refractivity contribution in [2.75, 3.05) is 51.7 Å². The Kier molecular flexibility index (Phi) is 5.88. The van der Waals surface area contributed by atoms with Crippen LogP contribution in [0.5, 0.6) is 5.75 Å². The zero-order chi connectivity index (χ0) is 17.6. The molecule has 7 heteroatoms. The van der Waals surface area contributed by atoms with Crippen LogP contribution in [0, 0.1) is 0 Å². The van der Waals surface area contributed by atoms with Crippen LogP contribution < -0.4 is 15.4 Å². The Hall–Kier alpha value is -2.12. The van der Waals surface area contributed by atoms with Gasteiger partial charge in [-0.1, -0.05) is 12.1 Å².